The van der Waals surface area contributed by atoms with Crippen molar-refractivity contribution in [2.24, 2.45) is 0 Å². The number of hydrogen-bond donors (Lipinski definition) is 2. The summed E-state index contributed by atoms with van der Waals surface area (Å²) in [6.07, 6.45) is 7.49. The van der Waals surface area contributed by atoms with Gasteiger partial charge in [0.1, 0.15) is 16.7 Å². The van der Waals surface area contributed by atoms with E-state index in [2.05, 4.69) is 15.6 Å². The van der Waals surface area contributed by atoms with Gasteiger partial charge in [-0.3, -0.25) is 4.79 Å². The molecule has 2 fully saturated rings. The molecule has 32 heavy (non-hydrogen) atoms. The van der Waals surface area contributed by atoms with Gasteiger partial charge >= 0.3 is 5.97 Å². The van der Waals surface area contributed by atoms with Gasteiger partial charge in [-0.2, -0.15) is 0 Å². The minimum Gasteiger partial charge on any atom is -0.482 e. The average molecular weight is 458 g/mol. The molecule has 0 spiro atoms. The highest BCUT2D eigenvalue weighted by atomic mass is 32.1. The molecule has 1 aromatic carbocycles. The van der Waals surface area contributed by atoms with E-state index in [1.807, 2.05) is 6.92 Å². The predicted octanol–water partition coefficient (Wildman–Crippen LogP) is 4.43. The zero-order valence-corrected chi connectivity index (χ0v) is 19.3. The fourth-order valence-corrected chi connectivity index (χ4v) is 5.37. The maximum atomic E-state index is 12.8. The molecule has 2 aliphatic rings. The van der Waals surface area contributed by atoms with E-state index >= 15 is 0 Å². The summed E-state index contributed by atoms with van der Waals surface area (Å²) in [6, 6.07) is 7.01. The third-order valence-electron chi connectivity index (χ3n) is 6.03. The minimum atomic E-state index is -0.334. The van der Waals surface area contributed by atoms with Crippen molar-refractivity contribution in [3.05, 3.63) is 39.8 Å². The Bertz CT molecular complexity index is 916. The fourth-order valence-electron chi connectivity index (χ4n) is 4.24. The van der Waals surface area contributed by atoms with E-state index in [9.17, 15) is 9.59 Å². The quantitative estimate of drug-likeness (QED) is 0.598. The Balaban J connectivity index is 1.27. The van der Waals surface area contributed by atoms with Crippen molar-refractivity contribution >= 4 is 28.9 Å². The number of thiazole rings is 1. The van der Waals surface area contributed by atoms with Crippen molar-refractivity contribution in [2.75, 3.05) is 25.0 Å². The molecule has 172 valence electrons. The number of ether oxygens (including phenoxy) is 2. The van der Waals surface area contributed by atoms with Crippen LogP contribution in [0.3, 0.4) is 0 Å². The Morgan fingerprint density at radius 1 is 1.09 bits per heavy atom. The molecule has 4 rings (SSSR count). The highest BCUT2D eigenvalue weighted by Gasteiger charge is 2.23. The lowest BCUT2D eigenvalue weighted by atomic mass is 9.98. The number of aryl methyl sites for hydroxylation is 1. The van der Waals surface area contributed by atoms with Crippen LogP contribution in [-0.2, 0) is 9.53 Å². The second kappa shape index (κ2) is 10.9. The van der Waals surface area contributed by atoms with E-state index in [0.29, 0.717) is 22.2 Å². The summed E-state index contributed by atoms with van der Waals surface area (Å²) in [4.78, 5) is 30.1. The number of benzene rings is 1. The standard InChI is InChI=1S/C24H31N3O4S/c1-16-22(32-24(26-16)17-11-13-25-14-12-17)23(29)27-18-7-9-19(10-8-18)30-15-21(28)31-20-5-3-2-4-6-20/h7-10,17,20,25H,2-6,11-15H2,1H3,(H,27,29). The molecular formula is C24H31N3O4S. The van der Waals surface area contributed by atoms with E-state index in [0.717, 1.165) is 62.3 Å². The van der Waals surface area contributed by atoms with Crippen molar-refractivity contribution in [3.63, 3.8) is 0 Å². The summed E-state index contributed by atoms with van der Waals surface area (Å²) >= 11 is 1.49. The van der Waals surface area contributed by atoms with E-state index in [4.69, 9.17) is 9.47 Å². The van der Waals surface area contributed by atoms with Crippen molar-refractivity contribution in [3.8, 4) is 5.75 Å². The van der Waals surface area contributed by atoms with Gasteiger partial charge in [-0.1, -0.05) is 6.42 Å². The molecule has 1 saturated carbocycles. The van der Waals surface area contributed by atoms with Crippen LogP contribution in [0.2, 0.25) is 0 Å². The maximum Gasteiger partial charge on any atom is 0.344 e. The molecule has 1 aliphatic heterocycles. The monoisotopic (exact) mass is 457 g/mol. The maximum absolute atomic E-state index is 12.8. The lowest BCUT2D eigenvalue weighted by Gasteiger charge is -2.21. The van der Waals surface area contributed by atoms with Crippen LogP contribution in [-0.4, -0.2) is 42.7 Å². The number of aromatic nitrogens is 1. The number of carbonyl (C=O) groups is 2. The summed E-state index contributed by atoms with van der Waals surface area (Å²) in [5.41, 5.74) is 1.45. The van der Waals surface area contributed by atoms with Crippen LogP contribution >= 0.6 is 11.3 Å². The summed E-state index contributed by atoms with van der Waals surface area (Å²) in [6.45, 7) is 3.77. The fraction of sp³-hybridized carbons (Fsp3) is 0.542. The number of hydrogen-bond acceptors (Lipinski definition) is 7. The number of amides is 1. The molecule has 1 aromatic heterocycles. The largest absolute Gasteiger partial charge is 0.482 e. The first-order chi connectivity index (χ1) is 15.6. The highest BCUT2D eigenvalue weighted by Crippen LogP contribution is 2.31. The molecule has 2 N–H and O–H groups in total. The molecule has 0 bridgehead atoms. The van der Waals surface area contributed by atoms with Crippen molar-refractivity contribution in [1.82, 2.24) is 10.3 Å². The highest BCUT2D eigenvalue weighted by molar-refractivity contribution is 7.14. The number of carbonyl (C=O) groups excluding carboxylic acids is 2. The number of nitrogens with zero attached hydrogens (tertiary/aromatic N) is 1. The SMILES string of the molecule is Cc1nc(C2CCNCC2)sc1C(=O)Nc1ccc(OCC(=O)OC2CCCCC2)cc1. The van der Waals surface area contributed by atoms with Crippen LogP contribution in [0.1, 0.15) is 71.2 Å². The number of anilines is 1. The van der Waals surface area contributed by atoms with Crippen LogP contribution in [0.15, 0.2) is 24.3 Å². The third-order valence-corrected chi connectivity index (χ3v) is 7.35. The summed E-state index contributed by atoms with van der Waals surface area (Å²) in [5.74, 6) is 0.512. The molecule has 2 heterocycles. The van der Waals surface area contributed by atoms with Gasteiger partial charge in [0.25, 0.3) is 5.91 Å². The Morgan fingerprint density at radius 2 is 1.81 bits per heavy atom. The molecule has 0 radical (unpaired) electrons. The Kier molecular flexibility index (Phi) is 7.76. The lowest BCUT2D eigenvalue weighted by Crippen LogP contribution is -2.26. The Labute approximate surface area is 192 Å². The van der Waals surface area contributed by atoms with Gasteiger partial charge in [0.2, 0.25) is 0 Å². The third kappa shape index (κ3) is 6.07. The van der Waals surface area contributed by atoms with E-state index in [1.54, 1.807) is 24.3 Å². The van der Waals surface area contributed by atoms with E-state index in [1.165, 1.54) is 17.8 Å². The molecule has 7 nitrogen and oxygen atoms in total. The molecule has 1 saturated heterocycles. The average Bonchev–Trinajstić information content (AvgIpc) is 3.22. The molecule has 8 heteroatoms. The zero-order valence-electron chi connectivity index (χ0n) is 18.5. The van der Waals surface area contributed by atoms with Gasteiger partial charge in [-0.25, -0.2) is 9.78 Å². The van der Waals surface area contributed by atoms with Gasteiger partial charge < -0.3 is 20.1 Å². The van der Waals surface area contributed by atoms with Crippen LogP contribution in [0, 0.1) is 6.92 Å². The van der Waals surface area contributed by atoms with E-state index in [-0.39, 0.29) is 24.6 Å². The van der Waals surface area contributed by atoms with Gasteiger partial charge in [0.15, 0.2) is 6.61 Å². The van der Waals surface area contributed by atoms with Crippen molar-refractivity contribution < 1.29 is 19.1 Å². The number of piperidine rings is 1. The van der Waals surface area contributed by atoms with Gasteiger partial charge in [-0.05, 0) is 82.8 Å². The minimum absolute atomic E-state index is 0.0305. The number of esters is 1. The second-order valence-electron chi connectivity index (χ2n) is 8.51. The molecule has 0 unspecified atom stereocenters. The first-order valence-electron chi connectivity index (χ1n) is 11.5. The number of nitrogens with one attached hydrogen (secondary N) is 2. The first kappa shape index (κ1) is 22.7. The molecular weight excluding hydrogens is 426 g/mol. The first-order valence-corrected chi connectivity index (χ1v) is 12.3. The summed E-state index contributed by atoms with van der Waals surface area (Å²) in [7, 11) is 0. The molecule has 1 aliphatic carbocycles. The second-order valence-corrected chi connectivity index (χ2v) is 9.54. The Hall–Kier alpha value is -2.45. The van der Waals surface area contributed by atoms with Gasteiger partial charge in [0, 0.05) is 11.6 Å². The Morgan fingerprint density at radius 3 is 2.53 bits per heavy atom. The molecule has 1 amide bonds. The summed E-state index contributed by atoms with van der Waals surface area (Å²) in [5, 5.41) is 7.35. The smallest absolute Gasteiger partial charge is 0.344 e. The van der Waals surface area contributed by atoms with Gasteiger partial charge in [-0.15, -0.1) is 11.3 Å². The van der Waals surface area contributed by atoms with Crippen molar-refractivity contribution in [1.29, 1.82) is 0 Å². The number of rotatable bonds is 7. The molecule has 2 aromatic rings. The van der Waals surface area contributed by atoms with Crippen LogP contribution < -0.4 is 15.4 Å². The van der Waals surface area contributed by atoms with Crippen LogP contribution in [0.4, 0.5) is 5.69 Å². The zero-order chi connectivity index (χ0) is 22.3. The summed E-state index contributed by atoms with van der Waals surface area (Å²) < 4.78 is 11.0. The topological polar surface area (TPSA) is 89.5 Å². The van der Waals surface area contributed by atoms with Crippen LogP contribution in [0.25, 0.3) is 0 Å². The van der Waals surface area contributed by atoms with Crippen molar-refractivity contribution in [2.45, 2.75) is 63.9 Å². The lowest BCUT2D eigenvalue weighted by molar-refractivity contribution is -0.152. The van der Waals surface area contributed by atoms with E-state index < -0.39 is 0 Å². The normalized spacial score (nSPS) is 17.7. The van der Waals surface area contributed by atoms with Gasteiger partial charge in [0.05, 0.1) is 10.7 Å². The predicted molar refractivity (Wildman–Crippen MR) is 125 cm³/mol. The van der Waals surface area contributed by atoms with Crippen LogP contribution in [0.5, 0.6) is 5.75 Å². The molecule has 0 atom stereocenters.